The first kappa shape index (κ1) is 14.6. The molecule has 2 fully saturated rings. The van der Waals surface area contributed by atoms with Gasteiger partial charge in [0.1, 0.15) is 17.5 Å². The summed E-state index contributed by atoms with van der Waals surface area (Å²) < 4.78 is 0. The van der Waals surface area contributed by atoms with Crippen LogP contribution in [0.15, 0.2) is 6.07 Å². The molecule has 1 aliphatic carbocycles. The van der Waals surface area contributed by atoms with E-state index < -0.39 is 0 Å². The minimum absolute atomic E-state index is 0.607. The Kier molecular flexibility index (Phi) is 4.32. The van der Waals surface area contributed by atoms with Crippen molar-refractivity contribution in [2.24, 2.45) is 11.8 Å². The second kappa shape index (κ2) is 6.20. The van der Waals surface area contributed by atoms with Crippen LogP contribution >= 0.6 is 0 Å². The molecular formula is C17H28N4. The lowest BCUT2D eigenvalue weighted by Crippen LogP contribution is -2.36. The highest BCUT2D eigenvalue weighted by Crippen LogP contribution is 2.39. The van der Waals surface area contributed by atoms with E-state index in [-0.39, 0.29) is 0 Å². The van der Waals surface area contributed by atoms with Gasteiger partial charge in [0.15, 0.2) is 0 Å². The lowest BCUT2D eigenvalue weighted by atomic mass is 9.87. The summed E-state index contributed by atoms with van der Waals surface area (Å²) in [6, 6.07) is 2.13. The minimum atomic E-state index is 0.607. The van der Waals surface area contributed by atoms with Gasteiger partial charge in [-0.05, 0) is 44.4 Å². The van der Waals surface area contributed by atoms with Crippen molar-refractivity contribution in [2.45, 2.75) is 52.4 Å². The van der Waals surface area contributed by atoms with Crippen LogP contribution in [0, 0.1) is 11.8 Å². The van der Waals surface area contributed by atoms with Crippen molar-refractivity contribution in [3.05, 3.63) is 11.9 Å². The van der Waals surface area contributed by atoms with E-state index in [0.717, 1.165) is 48.9 Å². The fourth-order valence-electron chi connectivity index (χ4n) is 3.21. The summed E-state index contributed by atoms with van der Waals surface area (Å²) >= 11 is 0. The van der Waals surface area contributed by atoms with Gasteiger partial charge < -0.3 is 10.2 Å². The fraction of sp³-hybridized carbons (Fsp3) is 0.765. The number of rotatable bonds is 5. The predicted molar refractivity (Wildman–Crippen MR) is 87.9 cm³/mol. The number of aromatic nitrogens is 2. The first-order valence-electron chi connectivity index (χ1n) is 8.55. The van der Waals surface area contributed by atoms with E-state index in [2.05, 4.69) is 42.0 Å². The molecule has 21 heavy (non-hydrogen) atoms. The second-order valence-corrected chi connectivity index (χ2v) is 6.84. The van der Waals surface area contributed by atoms with Gasteiger partial charge in [0.2, 0.25) is 0 Å². The number of piperidine rings is 1. The van der Waals surface area contributed by atoms with E-state index >= 15 is 0 Å². The molecule has 0 aromatic carbocycles. The maximum Gasteiger partial charge on any atom is 0.136 e. The van der Waals surface area contributed by atoms with Crippen LogP contribution in [0.4, 0.5) is 11.6 Å². The summed E-state index contributed by atoms with van der Waals surface area (Å²) in [5, 5.41) is 3.36. The van der Waals surface area contributed by atoms with Crippen molar-refractivity contribution in [2.75, 3.05) is 29.9 Å². The SMILES string of the molecule is CCNc1cc(N2CCC(C(C)C)CC2)nc(C2CC2)n1. The zero-order valence-corrected chi connectivity index (χ0v) is 13.6. The highest BCUT2D eigenvalue weighted by atomic mass is 15.2. The molecule has 0 unspecified atom stereocenters. The van der Waals surface area contributed by atoms with Crippen LogP contribution in [-0.4, -0.2) is 29.6 Å². The topological polar surface area (TPSA) is 41.0 Å². The van der Waals surface area contributed by atoms with Gasteiger partial charge in [-0.3, -0.25) is 0 Å². The zero-order valence-electron chi connectivity index (χ0n) is 13.6. The summed E-state index contributed by atoms with van der Waals surface area (Å²) in [5.41, 5.74) is 0. The van der Waals surface area contributed by atoms with E-state index in [9.17, 15) is 0 Å². The highest BCUT2D eigenvalue weighted by molar-refractivity contribution is 5.50. The normalized spacial score (nSPS) is 20.1. The predicted octanol–water partition coefficient (Wildman–Crippen LogP) is 3.66. The molecule has 3 rings (SSSR count). The van der Waals surface area contributed by atoms with Gasteiger partial charge in [0, 0.05) is 31.6 Å². The Labute approximate surface area is 128 Å². The van der Waals surface area contributed by atoms with Gasteiger partial charge in [-0.15, -0.1) is 0 Å². The van der Waals surface area contributed by atoms with E-state index in [1.165, 1.54) is 25.7 Å². The van der Waals surface area contributed by atoms with Crippen LogP contribution in [0.5, 0.6) is 0 Å². The Hall–Kier alpha value is -1.32. The minimum Gasteiger partial charge on any atom is -0.370 e. The third-order valence-corrected chi connectivity index (χ3v) is 4.84. The lowest BCUT2D eigenvalue weighted by Gasteiger charge is -2.34. The standard InChI is InChI=1S/C17H28N4/c1-4-18-15-11-16(20-17(19-15)14-5-6-14)21-9-7-13(8-10-21)12(2)3/h11-14H,4-10H2,1-3H3,(H,18,19,20). The fourth-order valence-corrected chi connectivity index (χ4v) is 3.21. The Morgan fingerprint density at radius 3 is 2.48 bits per heavy atom. The molecule has 1 aromatic rings. The monoisotopic (exact) mass is 288 g/mol. The first-order valence-corrected chi connectivity index (χ1v) is 8.55. The second-order valence-electron chi connectivity index (χ2n) is 6.84. The Morgan fingerprint density at radius 1 is 1.19 bits per heavy atom. The molecule has 0 bridgehead atoms. The summed E-state index contributed by atoms with van der Waals surface area (Å²) in [6.07, 6.45) is 5.09. The van der Waals surface area contributed by atoms with Crippen molar-refractivity contribution in [3.8, 4) is 0 Å². The molecular weight excluding hydrogens is 260 g/mol. The van der Waals surface area contributed by atoms with Gasteiger partial charge in [-0.25, -0.2) is 9.97 Å². The maximum absolute atomic E-state index is 4.85. The third kappa shape index (κ3) is 3.47. The molecule has 1 aromatic heterocycles. The molecule has 2 heterocycles. The smallest absolute Gasteiger partial charge is 0.136 e. The first-order chi connectivity index (χ1) is 10.2. The number of nitrogens with one attached hydrogen (secondary N) is 1. The average molecular weight is 288 g/mol. The van der Waals surface area contributed by atoms with Crippen molar-refractivity contribution < 1.29 is 0 Å². The summed E-state index contributed by atoms with van der Waals surface area (Å²) in [6.45, 7) is 9.99. The quantitative estimate of drug-likeness (QED) is 0.897. The highest BCUT2D eigenvalue weighted by Gasteiger charge is 2.29. The molecule has 0 radical (unpaired) electrons. The van der Waals surface area contributed by atoms with Crippen molar-refractivity contribution in [1.82, 2.24) is 9.97 Å². The zero-order chi connectivity index (χ0) is 14.8. The maximum atomic E-state index is 4.85. The van der Waals surface area contributed by atoms with Crippen LogP contribution in [0.25, 0.3) is 0 Å². The molecule has 2 aliphatic rings. The summed E-state index contributed by atoms with van der Waals surface area (Å²) in [4.78, 5) is 12.0. The Balaban J connectivity index is 1.75. The lowest BCUT2D eigenvalue weighted by molar-refractivity contribution is 0.310. The number of hydrogen-bond acceptors (Lipinski definition) is 4. The van der Waals surface area contributed by atoms with Crippen LogP contribution in [-0.2, 0) is 0 Å². The third-order valence-electron chi connectivity index (χ3n) is 4.84. The number of anilines is 2. The molecule has 0 amide bonds. The van der Waals surface area contributed by atoms with E-state index in [1.54, 1.807) is 0 Å². The van der Waals surface area contributed by atoms with Gasteiger partial charge >= 0.3 is 0 Å². The molecule has 1 saturated heterocycles. The van der Waals surface area contributed by atoms with Gasteiger partial charge in [0.25, 0.3) is 0 Å². The molecule has 4 heteroatoms. The average Bonchev–Trinajstić information content (AvgIpc) is 3.32. The molecule has 4 nitrogen and oxygen atoms in total. The largest absolute Gasteiger partial charge is 0.370 e. The van der Waals surface area contributed by atoms with Gasteiger partial charge in [-0.1, -0.05) is 13.8 Å². The van der Waals surface area contributed by atoms with Gasteiger partial charge in [0.05, 0.1) is 0 Å². The van der Waals surface area contributed by atoms with Crippen LogP contribution in [0.2, 0.25) is 0 Å². The van der Waals surface area contributed by atoms with Gasteiger partial charge in [-0.2, -0.15) is 0 Å². The molecule has 116 valence electrons. The number of hydrogen-bond donors (Lipinski definition) is 1. The number of nitrogens with zero attached hydrogens (tertiary/aromatic N) is 3. The van der Waals surface area contributed by atoms with Crippen molar-refractivity contribution >= 4 is 11.6 Å². The molecule has 1 saturated carbocycles. The molecule has 1 aliphatic heterocycles. The van der Waals surface area contributed by atoms with Crippen LogP contribution in [0.3, 0.4) is 0 Å². The van der Waals surface area contributed by atoms with Crippen LogP contribution in [0.1, 0.15) is 58.2 Å². The molecule has 0 atom stereocenters. The molecule has 0 spiro atoms. The van der Waals surface area contributed by atoms with E-state index in [0.29, 0.717) is 5.92 Å². The van der Waals surface area contributed by atoms with E-state index in [4.69, 9.17) is 4.98 Å². The Morgan fingerprint density at radius 2 is 1.90 bits per heavy atom. The van der Waals surface area contributed by atoms with Crippen LogP contribution < -0.4 is 10.2 Å². The van der Waals surface area contributed by atoms with Crippen molar-refractivity contribution in [1.29, 1.82) is 0 Å². The summed E-state index contributed by atoms with van der Waals surface area (Å²) in [5.74, 6) is 5.46. The Bertz CT molecular complexity index is 474. The molecule has 1 N–H and O–H groups in total. The summed E-state index contributed by atoms with van der Waals surface area (Å²) in [7, 11) is 0. The van der Waals surface area contributed by atoms with E-state index in [1.807, 2.05) is 0 Å². The van der Waals surface area contributed by atoms with Crippen molar-refractivity contribution in [3.63, 3.8) is 0 Å².